The van der Waals surface area contributed by atoms with E-state index in [0.717, 1.165) is 0 Å². The second-order valence-electron chi connectivity index (χ2n) is 2.67. The van der Waals surface area contributed by atoms with Crippen LogP contribution >= 0.6 is 0 Å². The molecule has 0 rings (SSSR count). The predicted octanol–water partition coefficient (Wildman–Crippen LogP) is 0.161. The maximum Gasteiger partial charge on any atom is 0.508 e. The molecule has 0 radical (unpaired) electrons. The summed E-state index contributed by atoms with van der Waals surface area (Å²) in [5.74, 6) is -0.845. The SMILES string of the molecule is CC=C(C)C(=O)O.O=C(OCCO)OCCO. The van der Waals surface area contributed by atoms with Crippen molar-refractivity contribution >= 4 is 12.1 Å². The van der Waals surface area contributed by atoms with Crippen LogP contribution in [0, 0.1) is 0 Å². The highest BCUT2D eigenvalue weighted by Gasteiger charge is 2.00. The Labute approximate surface area is 99.3 Å². The molecular formula is C10H18O7. The minimum absolute atomic E-state index is 0.0791. The minimum atomic E-state index is -0.872. The van der Waals surface area contributed by atoms with Crippen molar-refractivity contribution in [3.05, 3.63) is 11.6 Å². The highest BCUT2D eigenvalue weighted by molar-refractivity contribution is 5.85. The van der Waals surface area contributed by atoms with Crippen LogP contribution in [0.5, 0.6) is 0 Å². The normalized spacial score (nSPS) is 10.0. The van der Waals surface area contributed by atoms with Crippen molar-refractivity contribution in [2.75, 3.05) is 26.4 Å². The Morgan fingerprint density at radius 3 is 1.71 bits per heavy atom. The lowest BCUT2D eigenvalue weighted by atomic mass is 10.3. The van der Waals surface area contributed by atoms with Crippen LogP contribution in [0.1, 0.15) is 13.8 Å². The van der Waals surface area contributed by atoms with E-state index in [0.29, 0.717) is 5.57 Å². The molecule has 0 fully saturated rings. The van der Waals surface area contributed by atoms with Gasteiger partial charge in [-0.3, -0.25) is 0 Å². The summed E-state index contributed by atoms with van der Waals surface area (Å²) in [7, 11) is 0. The lowest BCUT2D eigenvalue weighted by Crippen LogP contribution is -2.12. The first kappa shape index (κ1) is 17.8. The molecule has 0 saturated heterocycles. The van der Waals surface area contributed by atoms with Gasteiger partial charge in [0.05, 0.1) is 13.2 Å². The van der Waals surface area contributed by atoms with Gasteiger partial charge in [0.1, 0.15) is 13.2 Å². The molecule has 7 nitrogen and oxygen atoms in total. The van der Waals surface area contributed by atoms with Crippen LogP contribution in [-0.4, -0.2) is 53.9 Å². The van der Waals surface area contributed by atoms with Gasteiger partial charge in [-0.2, -0.15) is 0 Å². The maximum atomic E-state index is 10.3. The molecule has 0 bridgehead atoms. The standard InChI is InChI=1S/C5H10O5.C5H8O2/c6-1-3-9-5(8)10-4-2-7;1-3-4(2)5(6)7/h6-7H,1-4H2;3H,1-2H3,(H,6,7). The van der Waals surface area contributed by atoms with Crippen molar-refractivity contribution in [2.24, 2.45) is 0 Å². The van der Waals surface area contributed by atoms with Crippen LogP contribution in [0.2, 0.25) is 0 Å². The monoisotopic (exact) mass is 250 g/mol. The quantitative estimate of drug-likeness (QED) is 0.470. The van der Waals surface area contributed by atoms with E-state index in [4.69, 9.17) is 15.3 Å². The van der Waals surface area contributed by atoms with Gasteiger partial charge in [-0.15, -0.1) is 0 Å². The van der Waals surface area contributed by atoms with Crippen molar-refractivity contribution in [1.29, 1.82) is 0 Å². The third kappa shape index (κ3) is 14.4. The van der Waals surface area contributed by atoms with E-state index in [-0.39, 0.29) is 26.4 Å². The zero-order valence-electron chi connectivity index (χ0n) is 9.88. The number of aliphatic carboxylic acids is 1. The summed E-state index contributed by atoms with van der Waals surface area (Å²) < 4.78 is 8.54. The number of carbonyl (C=O) groups is 2. The average Bonchev–Trinajstić information content (AvgIpc) is 2.33. The molecule has 0 atom stereocenters. The van der Waals surface area contributed by atoms with Crippen LogP contribution in [-0.2, 0) is 14.3 Å². The van der Waals surface area contributed by atoms with Crippen LogP contribution in [0.25, 0.3) is 0 Å². The lowest BCUT2D eigenvalue weighted by molar-refractivity contribution is -0.132. The average molecular weight is 250 g/mol. The topological polar surface area (TPSA) is 113 Å². The van der Waals surface area contributed by atoms with E-state index in [1.54, 1.807) is 19.9 Å². The number of ether oxygens (including phenoxy) is 2. The summed E-state index contributed by atoms with van der Waals surface area (Å²) in [5.41, 5.74) is 0.389. The molecule has 7 heteroatoms. The predicted molar refractivity (Wildman–Crippen MR) is 58.5 cm³/mol. The molecule has 17 heavy (non-hydrogen) atoms. The summed E-state index contributed by atoms with van der Waals surface area (Å²) in [6, 6.07) is 0. The Morgan fingerprint density at radius 2 is 1.53 bits per heavy atom. The number of allylic oxidation sites excluding steroid dienone is 1. The fraction of sp³-hybridized carbons (Fsp3) is 0.600. The number of hydrogen-bond donors (Lipinski definition) is 3. The zero-order valence-corrected chi connectivity index (χ0v) is 9.88. The Morgan fingerprint density at radius 1 is 1.12 bits per heavy atom. The van der Waals surface area contributed by atoms with Gasteiger partial charge in [0.25, 0.3) is 0 Å². The van der Waals surface area contributed by atoms with E-state index in [1.807, 2.05) is 0 Å². The summed E-state index contributed by atoms with van der Waals surface area (Å²) >= 11 is 0. The fourth-order valence-corrected chi connectivity index (χ4v) is 0.423. The number of carbonyl (C=O) groups excluding carboxylic acids is 1. The fourth-order valence-electron chi connectivity index (χ4n) is 0.423. The number of hydrogen-bond acceptors (Lipinski definition) is 6. The van der Waals surface area contributed by atoms with Crippen LogP contribution < -0.4 is 0 Å². The molecule has 0 aliphatic rings. The van der Waals surface area contributed by atoms with Gasteiger partial charge in [0.2, 0.25) is 0 Å². The Bertz CT molecular complexity index is 237. The van der Waals surface area contributed by atoms with Gasteiger partial charge in [-0.05, 0) is 13.8 Å². The van der Waals surface area contributed by atoms with Crippen molar-refractivity contribution in [3.8, 4) is 0 Å². The summed E-state index contributed by atoms with van der Waals surface area (Å²) in [6.07, 6.45) is 0.686. The first-order valence-electron chi connectivity index (χ1n) is 4.87. The number of aliphatic hydroxyl groups is 2. The molecule has 0 aliphatic carbocycles. The molecule has 0 unspecified atom stereocenters. The molecule has 0 saturated carbocycles. The largest absolute Gasteiger partial charge is 0.508 e. The summed E-state index contributed by atoms with van der Waals surface area (Å²) in [6.45, 7) is 2.64. The number of rotatable bonds is 5. The smallest absolute Gasteiger partial charge is 0.478 e. The zero-order chi connectivity index (χ0) is 13.7. The highest BCUT2D eigenvalue weighted by atomic mass is 16.7. The number of carboxylic acid groups (broad SMARTS) is 1. The first-order valence-corrected chi connectivity index (χ1v) is 4.87. The number of aliphatic hydroxyl groups excluding tert-OH is 2. The lowest BCUT2D eigenvalue weighted by Gasteiger charge is -2.01. The molecule has 0 aromatic rings. The van der Waals surface area contributed by atoms with E-state index < -0.39 is 12.1 Å². The summed E-state index contributed by atoms with van der Waals surface area (Å²) in [5, 5.41) is 24.4. The molecule has 0 spiro atoms. The van der Waals surface area contributed by atoms with Crippen molar-refractivity contribution in [2.45, 2.75) is 13.8 Å². The molecule has 0 aromatic carbocycles. The Balaban J connectivity index is 0. The van der Waals surface area contributed by atoms with Crippen LogP contribution in [0.15, 0.2) is 11.6 Å². The van der Waals surface area contributed by atoms with Gasteiger partial charge in [-0.1, -0.05) is 6.08 Å². The van der Waals surface area contributed by atoms with E-state index >= 15 is 0 Å². The van der Waals surface area contributed by atoms with Crippen LogP contribution in [0.3, 0.4) is 0 Å². The van der Waals surface area contributed by atoms with Gasteiger partial charge in [0, 0.05) is 5.57 Å². The molecule has 0 aromatic heterocycles. The van der Waals surface area contributed by atoms with E-state index in [2.05, 4.69) is 9.47 Å². The molecular weight excluding hydrogens is 232 g/mol. The molecule has 3 N–H and O–H groups in total. The van der Waals surface area contributed by atoms with E-state index in [1.165, 1.54) is 0 Å². The Hall–Kier alpha value is -1.60. The van der Waals surface area contributed by atoms with Gasteiger partial charge < -0.3 is 24.8 Å². The Kier molecular flexibility index (Phi) is 13.0. The highest BCUT2D eigenvalue weighted by Crippen LogP contribution is 1.87. The molecule has 0 aliphatic heterocycles. The van der Waals surface area contributed by atoms with Gasteiger partial charge >= 0.3 is 12.1 Å². The van der Waals surface area contributed by atoms with Crippen LogP contribution in [0.4, 0.5) is 4.79 Å². The second kappa shape index (κ2) is 12.5. The van der Waals surface area contributed by atoms with E-state index in [9.17, 15) is 9.59 Å². The maximum absolute atomic E-state index is 10.3. The summed E-state index contributed by atoms with van der Waals surface area (Å²) in [4.78, 5) is 20.2. The molecule has 100 valence electrons. The number of carboxylic acids is 1. The van der Waals surface area contributed by atoms with Gasteiger partial charge in [0.15, 0.2) is 0 Å². The van der Waals surface area contributed by atoms with Gasteiger partial charge in [-0.25, -0.2) is 9.59 Å². The third-order valence-corrected chi connectivity index (χ3v) is 1.39. The molecule has 0 amide bonds. The van der Waals surface area contributed by atoms with Crippen molar-refractivity contribution < 1.29 is 34.4 Å². The third-order valence-electron chi connectivity index (χ3n) is 1.39. The first-order chi connectivity index (χ1) is 7.99. The van der Waals surface area contributed by atoms with Crippen molar-refractivity contribution in [1.82, 2.24) is 0 Å². The second-order valence-corrected chi connectivity index (χ2v) is 2.67. The minimum Gasteiger partial charge on any atom is -0.478 e. The molecule has 0 heterocycles. The van der Waals surface area contributed by atoms with Crippen molar-refractivity contribution in [3.63, 3.8) is 0 Å².